The van der Waals surface area contributed by atoms with Crippen molar-refractivity contribution in [3.05, 3.63) is 12.2 Å². The highest BCUT2D eigenvalue weighted by Crippen LogP contribution is 2.19. The van der Waals surface area contributed by atoms with Gasteiger partial charge in [-0.1, -0.05) is 28.7 Å². The highest BCUT2D eigenvalue weighted by atomic mass is 127. The summed E-state index contributed by atoms with van der Waals surface area (Å²) in [6.45, 7) is 3.99. The monoisotopic (exact) mass is 340 g/mol. The summed E-state index contributed by atoms with van der Waals surface area (Å²) in [5, 5.41) is 0. The van der Waals surface area contributed by atoms with Crippen LogP contribution in [0.25, 0.3) is 0 Å². The highest BCUT2D eigenvalue weighted by molar-refractivity contribution is 14.1. The number of alkyl halides is 1. The van der Waals surface area contributed by atoms with Crippen LogP contribution in [-0.2, 0) is 19.0 Å². The van der Waals surface area contributed by atoms with Crippen molar-refractivity contribution >= 4 is 28.6 Å². The van der Waals surface area contributed by atoms with Crippen LogP contribution in [0.3, 0.4) is 0 Å². The normalized spacial score (nSPS) is 25.7. The maximum Gasteiger partial charge on any atom is 0.303 e. The molecule has 0 saturated heterocycles. The van der Waals surface area contributed by atoms with E-state index in [0.717, 1.165) is 4.43 Å². The summed E-state index contributed by atoms with van der Waals surface area (Å²) in [7, 11) is 0. The molecule has 16 heavy (non-hydrogen) atoms. The van der Waals surface area contributed by atoms with Gasteiger partial charge in [-0.3, -0.25) is 4.79 Å². The summed E-state index contributed by atoms with van der Waals surface area (Å²) in [5.41, 5.74) is 0. The maximum absolute atomic E-state index is 10.8. The van der Waals surface area contributed by atoms with Gasteiger partial charge in [0.1, 0.15) is 6.10 Å². The number of esters is 1. The number of carbonyl (C=O) groups is 1. The van der Waals surface area contributed by atoms with Crippen LogP contribution in [0.5, 0.6) is 0 Å². The van der Waals surface area contributed by atoms with Gasteiger partial charge in [0, 0.05) is 20.0 Å². The van der Waals surface area contributed by atoms with Gasteiger partial charge in [0.25, 0.3) is 0 Å². The molecule has 0 amide bonds. The van der Waals surface area contributed by atoms with Crippen molar-refractivity contribution in [1.29, 1.82) is 0 Å². The number of rotatable bonds is 6. The summed E-state index contributed by atoms with van der Waals surface area (Å²) in [6.07, 6.45) is 4.11. The topological polar surface area (TPSA) is 44.8 Å². The van der Waals surface area contributed by atoms with Gasteiger partial charge in [0.2, 0.25) is 0 Å². The quantitative estimate of drug-likeness (QED) is 0.244. The van der Waals surface area contributed by atoms with Gasteiger partial charge in [-0.2, -0.15) is 0 Å². The zero-order chi connectivity index (χ0) is 12.0. The lowest BCUT2D eigenvalue weighted by molar-refractivity contribution is -0.152. The Hall–Kier alpha value is -0.140. The van der Waals surface area contributed by atoms with E-state index in [-0.39, 0.29) is 24.5 Å². The van der Waals surface area contributed by atoms with E-state index in [1.165, 1.54) is 6.92 Å². The summed E-state index contributed by atoms with van der Waals surface area (Å²) >= 11 is 2.23. The molecule has 1 aliphatic carbocycles. The van der Waals surface area contributed by atoms with Crippen molar-refractivity contribution in [3.63, 3.8) is 0 Å². The third-order valence-electron chi connectivity index (χ3n) is 2.13. The fourth-order valence-corrected chi connectivity index (χ4v) is 2.00. The van der Waals surface area contributed by atoms with Crippen LogP contribution in [0.2, 0.25) is 0 Å². The molecule has 0 spiro atoms. The minimum Gasteiger partial charge on any atom is -0.458 e. The summed E-state index contributed by atoms with van der Waals surface area (Å²) in [4.78, 5) is 10.8. The van der Waals surface area contributed by atoms with Crippen LogP contribution in [0.4, 0.5) is 0 Å². The molecule has 5 heteroatoms. The Bertz CT molecular complexity index is 254. The van der Waals surface area contributed by atoms with Crippen molar-refractivity contribution in [2.45, 2.75) is 38.8 Å². The molecule has 0 aromatic rings. The van der Waals surface area contributed by atoms with E-state index in [9.17, 15) is 4.79 Å². The molecule has 1 aliphatic rings. The Morgan fingerprint density at radius 1 is 1.50 bits per heavy atom. The predicted octanol–water partition coefficient (Wildman–Crippen LogP) is 2.06. The molecule has 0 heterocycles. The van der Waals surface area contributed by atoms with Gasteiger partial charge in [0.05, 0.1) is 10.5 Å². The van der Waals surface area contributed by atoms with Crippen molar-refractivity contribution in [2.75, 3.05) is 11.0 Å². The van der Waals surface area contributed by atoms with Crippen LogP contribution < -0.4 is 0 Å². The number of carbonyl (C=O) groups excluding carboxylic acids is 1. The van der Waals surface area contributed by atoms with Gasteiger partial charge >= 0.3 is 5.97 Å². The molecule has 0 aliphatic heterocycles. The van der Waals surface area contributed by atoms with Crippen LogP contribution in [-0.4, -0.2) is 35.5 Å². The molecule has 0 aromatic heterocycles. The van der Waals surface area contributed by atoms with Gasteiger partial charge in [-0.25, -0.2) is 0 Å². The zero-order valence-electron chi connectivity index (χ0n) is 9.52. The van der Waals surface area contributed by atoms with Crippen LogP contribution in [0.1, 0.15) is 20.3 Å². The third kappa shape index (κ3) is 4.80. The highest BCUT2D eigenvalue weighted by Gasteiger charge is 2.24. The third-order valence-corrected chi connectivity index (χ3v) is 2.85. The molecule has 3 atom stereocenters. The van der Waals surface area contributed by atoms with Gasteiger partial charge in [0.15, 0.2) is 6.29 Å². The van der Waals surface area contributed by atoms with E-state index in [2.05, 4.69) is 22.6 Å². The second-order valence-electron chi connectivity index (χ2n) is 3.48. The van der Waals surface area contributed by atoms with E-state index in [0.29, 0.717) is 13.0 Å². The van der Waals surface area contributed by atoms with Crippen LogP contribution in [0, 0.1) is 0 Å². The number of hydrogen-bond acceptors (Lipinski definition) is 4. The van der Waals surface area contributed by atoms with Crippen molar-refractivity contribution in [1.82, 2.24) is 0 Å². The average Bonchev–Trinajstić information content (AvgIpc) is 2.64. The summed E-state index contributed by atoms with van der Waals surface area (Å²) in [5.74, 6) is -0.259. The number of halogens is 1. The first-order valence-corrected chi connectivity index (χ1v) is 6.86. The van der Waals surface area contributed by atoms with E-state index in [1.807, 2.05) is 19.1 Å². The minimum atomic E-state index is -0.259. The smallest absolute Gasteiger partial charge is 0.303 e. The Kier molecular flexibility index (Phi) is 6.30. The van der Waals surface area contributed by atoms with Crippen LogP contribution in [0.15, 0.2) is 12.2 Å². The Morgan fingerprint density at radius 3 is 2.75 bits per heavy atom. The molecular weight excluding hydrogens is 323 g/mol. The molecule has 0 aromatic carbocycles. The minimum absolute atomic E-state index is 0.0179. The molecular formula is C11H17IO4. The first-order valence-electron chi connectivity index (χ1n) is 5.34. The molecule has 0 N–H and O–H groups in total. The Labute approximate surface area is 109 Å². The fraction of sp³-hybridized carbons (Fsp3) is 0.727. The lowest BCUT2D eigenvalue weighted by atomic mass is 10.3. The molecule has 0 saturated carbocycles. The zero-order valence-corrected chi connectivity index (χ0v) is 11.7. The fourth-order valence-electron chi connectivity index (χ4n) is 1.54. The van der Waals surface area contributed by atoms with Crippen LogP contribution >= 0.6 is 22.6 Å². The molecule has 4 nitrogen and oxygen atoms in total. The second-order valence-corrected chi connectivity index (χ2v) is 4.36. The van der Waals surface area contributed by atoms with Gasteiger partial charge < -0.3 is 14.2 Å². The lowest BCUT2D eigenvalue weighted by Crippen LogP contribution is -2.25. The predicted molar refractivity (Wildman–Crippen MR) is 68.5 cm³/mol. The van der Waals surface area contributed by atoms with E-state index in [1.54, 1.807) is 0 Å². The molecule has 0 bridgehead atoms. The Morgan fingerprint density at radius 2 is 2.19 bits per heavy atom. The number of hydrogen-bond donors (Lipinski definition) is 0. The molecule has 92 valence electrons. The largest absolute Gasteiger partial charge is 0.458 e. The van der Waals surface area contributed by atoms with Gasteiger partial charge in [-0.05, 0) is 13.0 Å². The summed E-state index contributed by atoms with van der Waals surface area (Å²) in [6, 6.07) is 0. The average molecular weight is 340 g/mol. The van der Waals surface area contributed by atoms with Crippen molar-refractivity contribution in [2.24, 2.45) is 0 Å². The molecule has 1 rings (SSSR count). The van der Waals surface area contributed by atoms with E-state index in [4.69, 9.17) is 14.2 Å². The molecule has 1 unspecified atom stereocenters. The van der Waals surface area contributed by atoms with Crippen molar-refractivity contribution < 1.29 is 19.0 Å². The van der Waals surface area contributed by atoms with Crippen molar-refractivity contribution in [3.8, 4) is 0 Å². The first-order chi connectivity index (χ1) is 7.65. The maximum atomic E-state index is 10.8. The first kappa shape index (κ1) is 13.9. The molecule has 0 fully saturated rings. The SMILES string of the molecule is CCOC(CI)O[C@@H]1C=C[C@H](OC(C)=O)C1. The number of ether oxygens (including phenoxy) is 3. The summed E-state index contributed by atoms with van der Waals surface area (Å²) < 4.78 is 17.0. The second kappa shape index (κ2) is 7.24. The Balaban J connectivity index is 2.30. The lowest BCUT2D eigenvalue weighted by Gasteiger charge is -2.20. The van der Waals surface area contributed by atoms with E-state index >= 15 is 0 Å². The van der Waals surface area contributed by atoms with E-state index < -0.39 is 0 Å². The molecule has 0 radical (unpaired) electrons. The van der Waals surface area contributed by atoms with Gasteiger partial charge in [-0.15, -0.1) is 0 Å². The standard InChI is InChI=1S/C11H17IO4/c1-3-14-11(7-12)16-10-5-4-9(6-10)15-8(2)13/h4-5,9-11H,3,6-7H2,1-2H3/t9-,10+,11?/m0/s1.